The highest BCUT2D eigenvalue weighted by atomic mass is 16.3. The van der Waals surface area contributed by atoms with Gasteiger partial charge in [0.15, 0.2) is 0 Å². The first-order valence-corrected chi connectivity index (χ1v) is 5.82. The van der Waals surface area contributed by atoms with E-state index in [1.54, 1.807) is 0 Å². The fraction of sp³-hybridized carbons (Fsp3) is 0.750. The molecule has 0 aliphatic heterocycles. The molecule has 1 heterocycles. The van der Waals surface area contributed by atoms with E-state index in [4.69, 9.17) is 0 Å². The Balaban J connectivity index is 2.59. The molecule has 2 unspecified atom stereocenters. The molecular formula is C12H22N2O2. The van der Waals surface area contributed by atoms with Crippen LogP contribution in [0.2, 0.25) is 0 Å². The molecule has 1 aromatic rings. The van der Waals surface area contributed by atoms with Gasteiger partial charge in [-0.05, 0) is 25.8 Å². The van der Waals surface area contributed by atoms with Crippen LogP contribution in [0.4, 0.5) is 0 Å². The number of aliphatic hydroxyl groups excluding tert-OH is 2. The Morgan fingerprint density at radius 2 is 1.88 bits per heavy atom. The molecule has 4 nitrogen and oxygen atoms in total. The summed E-state index contributed by atoms with van der Waals surface area (Å²) in [6.45, 7) is 7.88. The number of hydrogen-bond donors (Lipinski definition) is 2. The van der Waals surface area contributed by atoms with Crippen LogP contribution in [0, 0.1) is 5.92 Å². The predicted molar refractivity (Wildman–Crippen MR) is 63.2 cm³/mol. The maximum absolute atomic E-state index is 9.79. The molecule has 1 rings (SSSR count). The summed E-state index contributed by atoms with van der Waals surface area (Å²) in [5.41, 5.74) is 0.820. The van der Waals surface area contributed by atoms with Gasteiger partial charge in [0.1, 0.15) is 0 Å². The minimum atomic E-state index is -0.740. The lowest BCUT2D eigenvalue weighted by Crippen LogP contribution is -2.32. The van der Waals surface area contributed by atoms with Crippen LogP contribution in [-0.2, 0) is 6.42 Å². The maximum Gasteiger partial charge on any atom is 0.0857 e. The highest BCUT2D eigenvalue weighted by molar-refractivity contribution is 5.02. The molecule has 1 aromatic heterocycles. The maximum atomic E-state index is 9.79. The fourth-order valence-electron chi connectivity index (χ4n) is 1.55. The van der Waals surface area contributed by atoms with Gasteiger partial charge in [0.25, 0.3) is 0 Å². The van der Waals surface area contributed by atoms with Crippen LogP contribution in [-0.4, -0.2) is 32.2 Å². The minimum Gasteiger partial charge on any atom is -0.390 e. The molecule has 0 radical (unpaired) electrons. The van der Waals surface area contributed by atoms with Crippen molar-refractivity contribution in [3.8, 4) is 0 Å². The van der Waals surface area contributed by atoms with E-state index >= 15 is 0 Å². The summed E-state index contributed by atoms with van der Waals surface area (Å²) in [7, 11) is 0. The van der Waals surface area contributed by atoms with Crippen LogP contribution in [0.25, 0.3) is 0 Å². The van der Waals surface area contributed by atoms with Gasteiger partial charge in [0.2, 0.25) is 0 Å². The van der Waals surface area contributed by atoms with E-state index in [-0.39, 0.29) is 5.92 Å². The molecule has 16 heavy (non-hydrogen) atoms. The zero-order chi connectivity index (χ0) is 12.3. The summed E-state index contributed by atoms with van der Waals surface area (Å²) >= 11 is 0. The van der Waals surface area contributed by atoms with Gasteiger partial charge >= 0.3 is 0 Å². The number of rotatable bonds is 5. The molecule has 92 valence electrons. The largest absolute Gasteiger partial charge is 0.390 e. The number of nitrogens with zero attached hydrogens (tertiary/aromatic N) is 2. The van der Waals surface area contributed by atoms with E-state index in [0.29, 0.717) is 12.5 Å². The molecule has 4 heteroatoms. The molecule has 0 spiro atoms. The lowest BCUT2D eigenvalue weighted by molar-refractivity contribution is -0.00785. The molecule has 0 aromatic carbocycles. The SMILES string of the molecule is CC(C)C(O)C(O)Cc1ccn(C(C)C)n1. The highest BCUT2D eigenvalue weighted by Crippen LogP contribution is 2.12. The molecule has 2 N–H and O–H groups in total. The molecule has 0 fully saturated rings. The summed E-state index contributed by atoms with van der Waals surface area (Å²) < 4.78 is 1.85. The van der Waals surface area contributed by atoms with Crippen LogP contribution >= 0.6 is 0 Å². The van der Waals surface area contributed by atoms with Crippen molar-refractivity contribution in [3.05, 3.63) is 18.0 Å². The first-order valence-electron chi connectivity index (χ1n) is 5.82. The molecule has 0 aliphatic rings. The van der Waals surface area contributed by atoms with Crippen LogP contribution in [0.3, 0.4) is 0 Å². The first kappa shape index (κ1) is 13.2. The Morgan fingerprint density at radius 1 is 1.25 bits per heavy atom. The van der Waals surface area contributed by atoms with E-state index in [1.807, 2.05) is 30.8 Å². The standard InChI is InChI=1S/C12H22N2O2/c1-8(2)12(16)11(15)7-10-5-6-14(13-10)9(3)4/h5-6,8-9,11-12,15-16H,7H2,1-4H3. The van der Waals surface area contributed by atoms with Gasteiger partial charge in [-0.3, -0.25) is 4.68 Å². The Kier molecular flexibility index (Phi) is 4.50. The van der Waals surface area contributed by atoms with E-state index in [2.05, 4.69) is 18.9 Å². The number of hydrogen-bond acceptors (Lipinski definition) is 3. The fourth-order valence-corrected chi connectivity index (χ4v) is 1.55. The van der Waals surface area contributed by atoms with E-state index in [0.717, 1.165) is 5.69 Å². The lowest BCUT2D eigenvalue weighted by Gasteiger charge is -2.20. The van der Waals surface area contributed by atoms with Gasteiger partial charge in [-0.15, -0.1) is 0 Å². The Morgan fingerprint density at radius 3 is 2.31 bits per heavy atom. The van der Waals surface area contributed by atoms with Gasteiger partial charge in [-0.2, -0.15) is 5.10 Å². The summed E-state index contributed by atoms with van der Waals surface area (Å²) in [4.78, 5) is 0. The Bertz CT molecular complexity index is 321. The van der Waals surface area contributed by atoms with Gasteiger partial charge in [-0.25, -0.2) is 0 Å². The summed E-state index contributed by atoms with van der Waals surface area (Å²) in [6, 6.07) is 2.21. The van der Waals surface area contributed by atoms with Gasteiger partial charge in [0, 0.05) is 18.7 Å². The second kappa shape index (κ2) is 5.46. The lowest BCUT2D eigenvalue weighted by atomic mass is 9.99. The molecule has 0 bridgehead atoms. The third-order valence-corrected chi connectivity index (χ3v) is 2.69. The van der Waals surface area contributed by atoms with Crippen molar-refractivity contribution in [2.75, 3.05) is 0 Å². The normalized spacial score (nSPS) is 15.8. The van der Waals surface area contributed by atoms with Crippen LogP contribution in [0.15, 0.2) is 12.3 Å². The smallest absolute Gasteiger partial charge is 0.0857 e. The average molecular weight is 226 g/mol. The summed E-state index contributed by atoms with van der Waals surface area (Å²) in [5.74, 6) is 0.0576. The molecule has 0 saturated carbocycles. The predicted octanol–water partition coefficient (Wildman–Crippen LogP) is 1.38. The third kappa shape index (κ3) is 3.32. The van der Waals surface area contributed by atoms with Crippen molar-refractivity contribution in [1.82, 2.24) is 9.78 Å². The topological polar surface area (TPSA) is 58.3 Å². The van der Waals surface area contributed by atoms with E-state index < -0.39 is 12.2 Å². The van der Waals surface area contributed by atoms with Crippen LogP contribution in [0.1, 0.15) is 39.4 Å². The van der Waals surface area contributed by atoms with Crippen molar-refractivity contribution in [1.29, 1.82) is 0 Å². The molecule has 0 saturated heterocycles. The second-order valence-electron chi connectivity index (χ2n) is 4.89. The monoisotopic (exact) mass is 226 g/mol. The third-order valence-electron chi connectivity index (χ3n) is 2.69. The van der Waals surface area contributed by atoms with Crippen molar-refractivity contribution in [2.45, 2.75) is 52.4 Å². The van der Waals surface area contributed by atoms with Crippen LogP contribution in [0.5, 0.6) is 0 Å². The zero-order valence-corrected chi connectivity index (χ0v) is 10.5. The highest BCUT2D eigenvalue weighted by Gasteiger charge is 2.20. The van der Waals surface area contributed by atoms with E-state index in [9.17, 15) is 10.2 Å². The molecular weight excluding hydrogens is 204 g/mol. The first-order chi connectivity index (χ1) is 7.41. The quantitative estimate of drug-likeness (QED) is 0.797. The molecule has 0 aliphatic carbocycles. The minimum absolute atomic E-state index is 0.0576. The van der Waals surface area contributed by atoms with Crippen LogP contribution < -0.4 is 0 Å². The number of aliphatic hydroxyl groups is 2. The summed E-state index contributed by atoms with van der Waals surface area (Å²) in [5, 5.41) is 23.8. The average Bonchev–Trinajstić information content (AvgIpc) is 2.64. The van der Waals surface area contributed by atoms with Gasteiger partial charge in [0.05, 0.1) is 17.9 Å². The number of aromatic nitrogens is 2. The van der Waals surface area contributed by atoms with Crippen molar-refractivity contribution >= 4 is 0 Å². The molecule has 0 amide bonds. The summed E-state index contributed by atoms with van der Waals surface area (Å²) in [6.07, 6.45) is 0.868. The zero-order valence-electron chi connectivity index (χ0n) is 10.5. The Hall–Kier alpha value is -0.870. The molecule has 2 atom stereocenters. The Labute approximate surface area is 96.9 Å². The van der Waals surface area contributed by atoms with Crippen molar-refractivity contribution in [2.24, 2.45) is 5.92 Å². The van der Waals surface area contributed by atoms with Crippen molar-refractivity contribution < 1.29 is 10.2 Å². The second-order valence-corrected chi connectivity index (χ2v) is 4.89. The van der Waals surface area contributed by atoms with Crippen molar-refractivity contribution in [3.63, 3.8) is 0 Å². The van der Waals surface area contributed by atoms with E-state index in [1.165, 1.54) is 0 Å². The van der Waals surface area contributed by atoms with Gasteiger partial charge < -0.3 is 10.2 Å². The van der Waals surface area contributed by atoms with Gasteiger partial charge in [-0.1, -0.05) is 13.8 Å².